The number of benzene rings is 2. The first-order valence-electron chi connectivity index (χ1n) is 6.31. The van der Waals surface area contributed by atoms with Crippen molar-refractivity contribution in [1.29, 1.82) is 0 Å². The lowest BCUT2D eigenvalue weighted by Gasteiger charge is -2.08. The van der Waals surface area contributed by atoms with Gasteiger partial charge in [0.15, 0.2) is 0 Å². The Labute approximate surface area is 118 Å². The summed E-state index contributed by atoms with van der Waals surface area (Å²) in [5.41, 5.74) is 2.42. The molecule has 1 amide bonds. The molecule has 0 saturated carbocycles. The highest BCUT2D eigenvalue weighted by Crippen LogP contribution is 2.23. The van der Waals surface area contributed by atoms with Crippen LogP contribution in [0.2, 0.25) is 0 Å². The molecule has 2 rings (SSSR count). The highest BCUT2D eigenvalue weighted by Gasteiger charge is 2.11. The zero-order valence-electron chi connectivity index (χ0n) is 11.5. The minimum Gasteiger partial charge on any atom is -0.507 e. The summed E-state index contributed by atoms with van der Waals surface area (Å²) in [5.74, 6) is 0.106. The quantitative estimate of drug-likeness (QED) is 0.898. The van der Waals surface area contributed by atoms with Crippen molar-refractivity contribution in [3.63, 3.8) is 0 Å². The molecule has 2 aromatic rings. The zero-order valence-corrected chi connectivity index (χ0v) is 11.5. The van der Waals surface area contributed by atoms with Gasteiger partial charge >= 0.3 is 0 Å². The van der Waals surface area contributed by atoms with Crippen molar-refractivity contribution in [2.45, 2.75) is 13.5 Å². The van der Waals surface area contributed by atoms with E-state index in [-0.39, 0.29) is 17.2 Å². The fraction of sp³-hybridized carbons (Fsp3) is 0.188. The number of nitrogens with one attached hydrogen (secondary N) is 1. The van der Waals surface area contributed by atoms with E-state index in [1.807, 2.05) is 31.2 Å². The van der Waals surface area contributed by atoms with Crippen LogP contribution >= 0.6 is 0 Å². The Morgan fingerprint density at radius 2 is 1.90 bits per heavy atom. The van der Waals surface area contributed by atoms with Crippen LogP contribution in [0.1, 0.15) is 21.5 Å². The minimum atomic E-state index is -0.314. The molecule has 0 bridgehead atoms. The Hall–Kier alpha value is -2.49. The molecular formula is C16H17NO3. The van der Waals surface area contributed by atoms with E-state index in [0.717, 1.165) is 5.56 Å². The number of amides is 1. The lowest BCUT2D eigenvalue weighted by atomic mass is 10.1. The summed E-state index contributed by atoms with van der Waals surface area (Å²) >= 11 is 0. The number of aryl methyl sites for hydroxylation is 1. The van der Waals surface area contributed by atoms with E-state index in [1.165, 1.54) is 18.7 Å². The molecule has 104 valence electrons. The third kappa shape index (κ3) is 3.29. The summed E-state index contributed by atoms with van der Waals surface area (Å²) in [6, 6.07) is 12.5. The van der Waals surface area contributed by atoms with Gasteiger partial charge in [0, 0.05) is 12.6 Å². The molecule has 4 nitrogen and oxygen atoms in total. The van der Waals surface area contributed by atoms with Gasteiger partial charge in [-0.05, 0) is 24.6 Å². The van der Waals surface area contributed by atoms with Crippen LogP contribution in [0.25, 0.3) is 0 Å². The van der Waals surface area contributed by atoms with Crippen LogP contribution in [0, 0.1) is 6.92 Å². The van der Waals surface area contributed by atoms with Gasteiger partial charge in [0.2, 0.25) is 0 Å². The molecule has 0 aliphatic heterocycles. The first-order chi connectivity index (χ1) is 9.60. The number of phenolic OH excluding ortho intramolecular Hbond substituents is 1. The first kappa shape index (κ1) is 13.9. The fourth-order valence-corrected chi connectivity index (χ4v) is 1.81. The summed E-state index contributed by atoms with van der Waals surface area (Å²) in [4.78, 5) is 12.0. The third-order valence-electron chi connectivity index (χ3n) is 3.02. The van der Waals surface area contributed by atoms with E-state index >= 15 is 0 Å². The van der Waals surface area contributed by atoms with Crippen molar-refractivity contribution in [2.75, 3.05) is 7.11 Å². The maximum atomic E-state index is 12.0. The molecule has 0 fully saturated rings. The number of hydrogen-bond donors (Lipinski definition) is 2. The molecule has 0 atom stereocenters. The van der Waals surface area contributed by atoms with Gasteiger partial charge in [-0.3, -0.25) is 4.79 Å². The monoisotopic (exact) mass is 271 g/mol. The summed E-state index contributed by atoms with van der Waals surface area (Å²) in [6.45, 7) is 2.43. The van der Waals surface area contributed by atoms with Crippen molar-refractivity contribution in [3.8, 4) is 11.5 Å². The second-order valence-electron chi connectivity index (χ2n) is 4.55. The van der Waals surface area contributed by atoms with Gasteiger partial charge in [-0.2, -0.15) is 0 Å². The number of rotatable bonds is 4. The molecule has 0 aromatic heterocycles. The minimum absolute atomic E-state index is 0.0919. The highest BCUT2D eigenvalue weighted by atomic mass is 16.5. The second-order valence-corrected chi connectivity index (χ2v) is 4.55. The van der Waals surface area contributed by atoms with Crippen LogP contribution < -0.4 is 10.1 Å². The normalized spacial score (nSPS) is 10.1. The molecule has 0 radical (unpaired) electrons. The second kappa shape index (κ2) is 6.10. The van der Waals surface area contributed by atoms with Crippen molar-refractivity contribution in [2.24, 2.45) is 0 Å². The van der Waals surface area contributed by atoms with E-state index in [0.29, 0.717) is 12.3 Å². The Bertz CT molecular complexity index is 606. The average molecular weight is 271 g/mol. The number of ether oxygens (including phenoxy) is 1. The van der Waals surface area contributed by atoms with Gasteiger partial charge in [-0.1, -0.05) is 29.8 Å². The van der Waals surface area contributed by atoms with Gasteiger partial charge in [-0.25, -0.2) is 0 Å². The third-order valence-corrected chi connectivity index (χ3v) is 3.02. The van der Waals surface area contributed by atoms with Gasteiger partial charge in [-0.15, -0.1) is 0 Å². The summed E-state index contributed by atoms with van der Waals surface area (Å²) in [7, 11) is 1.51. The molecule has 2 N–H and O–H groups in total. The Balaban J connectivity index is 2.03. The predicted octanol–water partition coefficient (Wildman–Crippen LogP) is 2.64. The Morgan fingerprint density at radius 3 is 2.50 bits per heavy atom. The number of carbonyl (C=O) groups excluding carboxylic acids is 1. The standard InChI is InChI=1S/C16H17NO3/c1-11-3-5-12(6-4-11)10-17-16(19)14-8-7-13(20-2)9-15(14)18/h3-9,18H,10H2,1-2H3,(H,17,19). The van der Waals surface area contributed by atoms with Gasteiger partial charge in [0.05, 0.1) is 12.7 Å². The fourth-order valence-electron chi connectivity index (χ4n) is 1.81. The topological polar surface area (TPSA) is 58.6 Å². The molecule has 0 unspecified atom stereocenters. The SMILES string of the molecule is COc1ccc(C(=O)NCc2ccc(C)cc2)c(O)c1. The molecule has 0 aliphatic carbocycles. The summed E-state index contributed by atoms with van der Waals surface area (Å²) < 4.78 is 4.98. The van der Waals surface area contributed by atoms with Crippen LogP contribution in [0.3, 0.4) is 0 Å². The van der Waals surface area contributed by atoms with Crippen LogP contribution in [-0.2, 0) is 6.54 Å². The molecule has 4 heteroatoms. The van der Waals surface area contributed by atoms with Crippen LogP contribution in [0.4, 0.5) is 0 Å². The maximum Gasteiger partial charge on any atom is 0.255 e. The molecule has 20 heavy (non-hydrogen) atoms. The Morgan fingerprint density at radius 1 is 1.20 bits per heavy atom. The maximum absolute atomic E-state index is 12.0. The smallest absolute Gasteiger partial charge is 0.255 e. The van der Waals surface area contributed by atoms with Gasteiger partial charge in [0.25, 0.3) is 5.91 Å². The largest absolute Gasteiger partial charge is 0.507 e. The van der Waals surface area contributed by atoms with Crippen molar-refractivity contribution in [3.05, 3.63) is 59.2 Å². The average Bonchev–Trinajstić information content (AvgIpc) is 2.46. The molecule has 0 saturated heterocycles. The Kier molecular flexibility index (Phi) is 4.25. The van der Waals surface area contributed by atoms with E-state index in [1.54, 1.807) is 12.1 Å². The summed E-state index contributed by atoms with van der Waals surface area (Å²) in [5, 5.41) is 12.6. The molecule has 0 aliphatic rings. The number of carbonyl (C=O) groups is 1. The number of phenols is 1. The lowest BCUT2D eigenvalue weighted by molar-refractivity contribution is 0.0948. The zero-order chi connectivity index (χ0) is 14.5. The summed E-state index contributed by atoms with van der Waals surface area (Å²) in [6.07, 6.45) is 0. The molecular weight excluding hydrogens is 254 g/mol. The van der Waals surface area contributed by atoms with E-state index < -0.39 is 0 Å². The van der Waals surface area contributed by atoms with E-state index in [9.17, 15) is 9.90 Å². The van der Waals surface area contributed by atoms with Crippen LogP contribution in [0.5, 0.6) is 11.5 Å². The molecule has 0 heterocycles. The first-order valence-corrected chi connectivity index (χ1v) is 6.31. The van der Waals surface area contributed by atoms with E-state index in [2.05, 4.69) is 5.32 Å². The van der Waals surface area contributed by atoms with Crippen molar-refractivity contribution in [1.82, 2.24) is 5.32 Å². The van der Waals surface area contributed by atoms with Gasteiger partial charge < -0.3 is 15.2 Å². The molecule has 2 aromatic carbocycles. The van der Waals surface area contributed by atoms with E-state index in [4.69, 9.17) is 4.74 Å². The number of aromatic hydroxyl groups is 1. The number of methoxy groups -OCH3 is 1. The lowest BCUT2D eigenvalue weighted by Crippen LogP contribution is -2.22. The predicted molar refractivity (Wildman–Crippen MR) is 77.0 cm³/mol. The van der Waals surface area contributed by atoms with Crippen molar-refractivity contribution >= 4 is 5.91 Å². The van der Waals surface area contributed by atoms with Crippen LogP contribution in [-0.4, -0.2) is 18.1 Å². The van der Waals surface area contributed by atoms with Crippen LogP contribution in [0.15, 0.2) is 42.5 Å². The molecule has 0 spiro atoms. The van der Waals surface area contributed by atoms with Gasteiger partial charge in [0.1, 0.15) is 11.5 Å². The van der Waals surface area contributed by atoms with Crippen molar-refractivity contribution < 1.29 is 14.6 Å². The number of hydrogen-bond acceptors (Lipinski definition) is 3. The highest BCUT2D eigenvalue weighted by molar-refractivity contribution is 5.96.